The maximum absolute atomic E-state index is 12.0. The molecule has 0 aromatic rings. The summed E-state index contributed by atoms with van der Waals surface area (Å²) < 4.78 is 10.4. The van der Waals surface area contributed by atoms with E-state index in [1.807, 2.05) is 0 Å². The Balaban J connectivity index is 4.80. The first kappa shape index (κ1) is 26.6. The molecule has 0 aromatic heterocycles. The number of nitrogens with zero attached hydrogens (tertiary/aromatic N) is 2. The van der Waals surface area contributed by atoms with Crippen molar-refractivity contribution in [2.45, 2.75) is 78.0 Å². The molecule has 0 spiro atoms. The third-order valence-electron chi connectivity index (χ3n) is 3.19. The number of carbonyl (C=O) groups is 3. The molecule has 10 heteroatoms. The second-order valence-corrected chi connectivity index (χ2v) is 8.82. The number of unbranched alkanes of at least 4 members (excludes halogenated alkanes) is 1. The van der Waals surface area contributed by atoms with E-state index in [-0.39, 0.29) is 11.9 Å². The van der Waals surface area contributed by atoms with Gasteiger partial charge >= 0.3 is 12.2 Å². The average molecular weight is 416 g/mol. The Labute approximate surface area is 173 Å². The van der Waals surface area contributed by atoms with Gasteiger partial charge in [0.05, 0.1) is 6.04 Å². The molecule has 4 N–H and O–H groups in total. The summed E-state index contributed by atoms with van der Waals surface area (Å²) in [5.41, 5.74) is 4.44. The van der Waals surface area contributed by atoms with Crippen LogP contribution in [0.1, 0.15) is 60.8 Å². The molecule has 0 fully saturated rings. The van der Waals surface area contributed by atoms with E-state index in [9.17, 15) is 14.4 Å². The maximum atomic E-state index is 12.0. The number of nitrogens with one attached hydrogen (secondary N) is 2. The molecule has 1 atom stereocenters. The highest BCUT2D eigenvalue weighted by atomic mass is 16.6. The number of guanidine groups is 1. The number of hydrogen-bond acceptors (Lipinski definition) is 7. The summed E-state index contributed by atoms with van der Waals surface area (Å²) in [4.78, 5) is 41.4. The molecule has 0 aromatic carbocycles. The van der Waals surface area contributed by atoms with Gasteiger partial charge in [-0.15, -0.1) is 0 Å². The number of carbonyl (C=O) groups excluding carboxylic acids is 3. The maximum Gasteiger partial charge on any atom is 0.414 e. The van der Waals surface area contributed by atoms with Crippen LogP contribution in [0.4, 0.5) is 9.59 Å². The zero-order valence-corrected chi connectivity index (χ0v) is 18.9. The van der Waals surface area contributed by atoms with Gasteiger partial charge in [0.1, 0.15) is 11.2 Å². The van der Waals surface area contributed by atoms with Crippen LogP contribution in [-0.2, 0) is 14.3 Å². The van der Waals surface area contributed by atoms with Crippen molar-refractivity contribution in [2.24, 2.45) is 10.7 Å². The Morgan fingerprint density at radius 1 is 0.931 bits per heavy atom. The Bertz CT molecular complexity index is 559. The summed E-state index contributed by atoms with van der Waals surface area (Å²) in [7, 11) is 3.31. The zero-order chi connectivity index (χ0) is 22.8. The number of likely N-dealkylation sites (N-methyl/N-ethyl adjacent to an activating group) is 1. The third-order valence-corrected chi connectivity index (χ3v) is 3.19. The molecule has 0 aliphatic heterocycles. The summed E-state index contributed by atoms with van der Waals surface area (Å²) >= 11 is 0. The van der Waals surface area contributed by atoms with Gasteiger partial charge in [0, 0.05) is 20.6 Å². The lowest BCUT2D eigenvalue weighted by Crippen LogP contribution is -2.47. The van der Waals surface area contributed by atoms with Gasteiger partial charge in [0.15, 0.2) is 0 Å². The molecular formula is C19H37N5O5. The lowest BCUT2D eigenvalue weighted by Gasteiger charge is -2.22. The molecule has 0 rings (SSSR count). The van der Waals surface area contributed by atoms with Crippen LogP contribution in [0.3, 0.4) is 0 Å². The molecule has 0 unspecified atom stereocenters. The second-order valence-electron chi connectivity index (χ2n) is 8.82. The van der Waals surface area contributed by atoms with Gasteiger partial charge in [-0.05, 0) is 60.8 Å². The lowest BCUT2D eigenvalue weighted by atomic mass is 10.1. The normalized spacial score (nSPS) is 12.4. The minimum absolute atomic E-state index is 0.0674. The molecule has 0 saturated heterocycles. The highest BCUT2D eigenvalue weighted by Crippen LogP contribution is 2.08. The van der Waals surface area contributed by atoms with Crippen LogP contribution in [0.5, 0.6) is 0 Å². The number of aliphatic imine (C=N–C) groups is 1. The zero-order valence-electron chi connectivity index (χ0n) is 18.9. The van der Waals surface area contributed by atoms with E-state index in [1.54, 1.807) is 55.6 Å². The van der Waals surface area contributed by atoms with Gasteiger partial charge in [0.2, 0.25) is 11.9 Å². The predicted octanol–water partition coefficient (Wildman–Crippen LogP) is 1.98. The summed E-state index contributed by atoms with van der Waals surface area (Å²) in [6, 6.07) is -0.562. The summed E-state index contributed by atoms with van der Waals surface area (Å²) in [5, 5.41) is 4.83. The average Bonchev–Trinajstić information content (AvgIpc) is 2.49. The standard InChI is InChI=1S/C19H37N5O5/c1-18(2,3)28-16(26)22-15(23-17(27)29-19(4,5)6)21-12-10-9-11-13(20)14(25)24(7)8/h13H,9-12,20H2,1-8H3,(H2,21,22,23,26,27)/t13-/m0/s1. The van der Waals surface area contributed by atoms with Crippen molar-refractivity contribution in [3.05, 3.63) is 0 Å². The van der Waals surface area contributed by atoms with Gasteiger partial charge in [-0.25, -0.2) is 9.59 Å². The van der Waals surface area contributed by atoms with Crippen molar-refractivity contribution in [1.29, 1.82) is 0 Å². The van der Waals surface area contributed by atoms with Gasteiger partial charge in [-0.2, -0.15) is 0 Å². The van der Waals surface area contributed by atoms with Crippen LogP contribution in [0.15, 0.2) is 4.99 Å². The molecule has 0 saturated carbocycles. The number of nitrogens with two attached hydrogens (primary N) is 1. The van der Waals surface area contributed by atoms with E-state index in [2.05, 4.69) is 15.6 Å². The van der Waals surface area contributed by atoms with Crippen LogP contribution >= 0.6 is 0 Å². The molecule has 10 nitrogen and oxygen atoms in total. The Morgan fingerprint density at radius 3 is 1.76 bits per heavy atom. The van der Waals surface area contributed by atoms with E-state index in [4.69, 9.17) is 15.2 Å². The summed E-state index contributed by atoms with van der Waals surface area (Å²) in [6.07, 6.45) is 0.304. The van der Waals surface area contributed by atoms with Crippen molar-refractivity contribution in [3.63, 3.8) is 0 Å². The second kappa shape index (κ2) is 11.6. The highest BCUT2D eigenvalue weighted by molar-refractivity contribution is 6.01. The lowest BCUT2D eigenvalue weighted by molar-refractivity contribution is -0.130. The molecule has 0 bridgehead atoms. The fraction of sp³-hybridized carbons (Fsp3) is 0.789. The summed E-state index contributed by atoms with van der Waals surface area (Å²) in [6.45, 7) is 10.7. The number of ether oxygens (including phenoxy) is 2. The van der Waals surface area contributed by atoms with Crippen molar-refractivity contribution in [1.82, 2.24) is 15.5 Å². The highest BCUT2D eigenvalue weighted by Gasteiger charge is 2.21. The minimum atomic E-state index is -0.745. The number of hydrogen-bond donors (Lipinski definition) is 3. The molecular weight excluding hydrogens is 378 g/mol. The first-order valence-electron chi connectivity index (χ1n) is 9.62. The first-order valence-corrected chi connectivity index (χ1v) is 9.62. The minimum Gasteiger partial charge on any atom is -0.444 e. The van der Waals surface area contributed by atoms with Gasteiger partial charge in [-0.1, -0.05) is 0 Å². The smallest absolute Gasteiger partial charge is 0.414 e. The van der Waals surface area contributed by atoms with Crippen molar-refractivity contribution in [2.75, 3.05) is 20.6 Å². The van der Waals surface area contributed by atoms with Crippen molar-refractivity contribution < 1.29 is 23.9 Å². The van der Waals surface area contributed by atoms with E-state index in [0.717, 1.165) is 0 Å². The third kappa shape index (κ3) is 14.3. The topological polar surface area (TPSA) is 135 Å². The quantitative estimate of drug-likeness (QED) is 0.345. The molecule has 168 valence electrons. The van der Waals surface area contributed by atoms with Gasteiger partial charge in [0.25, 0.3) is 0 Å². The van der Waals surface area contributed by atoms with Gasteiger partial charge < -0.3 is 20.1 Å². The van der Waals surface area contributed by atoms with Crippen LogP contribution in [0.2, 0.25) is 0 Å². The van der Waals surface area contributed by atoms with E-state index in [1.165, 1.54) is 4.90 Å². The Kier molecular flexibility index (Phi) is 10.7. The number of alkyl carbamates (subject to hydrolysis) is 2. The van der Waals surface area contributed by atoms with Crippen molar-refractivity contribution >= 4 is 24.1 Å². The molecule has 0 aliphatic rings. The van der Waals surface area contributed by atoms with Crippen molar-refractivity contribution in [3.8, 4) is 0 Å². The fourth-order valence-electron chi connectivity index (χ4n) is 2.03. The monoisotopic (exact) mass is 415 g/mol. The van der Waals surface area contributed by atoms with E-state index >= 15 is 0 Å². The van der Waals surface area contributed by atoms with Crippen LogP contribution in [0.25, 0.3) is 0 Å². The Morgan fingerprint density at radius 2 is 1.38 bits per heavy atom. The fourth-order valence-corrected chi connectivity index (χ4v) is 2.03. The van der Waals surface area contributed by atoms with Crippen LogP contribution in [0, 0.1) is 0 Å². The number of amides is 3. The number of rotatable bonds is 6. The van der Waals surface area contributed by atoms with Gasteiger partial charge in [-0.3, -0.25) is 20.4 Å². The predicted molar refractivity (Wildman–Crippen MR) is 112 cm³/mol. The molecule has 0 aliphatic carbocycles. The SMILES string of the molecule is CN(C)C(=O)[C@@H](N)CCCCN=C(NC(=O)OC(C)(C)C)NC(=O)OC(C)(C)C. The summed E-state index contributed by atoms with van der Waals surface area (Å²) in [5.74, 6) is -0.199. The van der Waals surface area contributed by atoms with E-state index < -0.39 is 29.4 Å². The van der Waals surface area contributed by atoms with Crippen LogP contribution in [-0.4, -0.2) is 66.8 Å². The molecule has 0 heterocycles. The largest absolute Gasteiger partial charge is 0.444 e. The Hall–Kier alpha value is -2.36. The van der Waals surface area contributed by atoms with Crippen LogP contribution < -0.4 is 16.4 Å². The van der Waals surface area contributed by atoms with E-state index in [0.29, 0.717) is 25.8 Å². The molecule has 3 amide bonds. The first-order chi connectivity index (χ1) is 13.1. The molecule has 0 radical (unpaired) electrons. The molecule has 29 heavy (non-hydrogen) atoms.